The van der Waals surface area contributed by atoms with Crippen LogP contribution in [0.3, 0.4) is 0 Å². The Labute approximate surface area is 128 Å². The standard InChI is InChI=1S/C17H28N2O2/c1-4-15(19-11-6-9-18-10-12-19)14-7-8-16(20-3)17(13-14)21-5-2/h7-8,13,15,18H,4-6,9-12H2,1-3H3. The maximum atomic E-state index is 5.72. The fourth-order valence-electron chi connectivity index (χ4n) is 3.05. The summed E-state index contributed by atoms with van der Waals surface area (Å²) in [5.74, 6) is 1.66. The molecule has 0 amide bonds. The van der Waals surface area contributed by atoms with Crippen LogP contribution in [-0.4, -0.2) is 44.8 Å². The topological polar surface area (TPSA) is 33.7 Å². The van der Waals surface area contributed by atoms with Crippen LogP contribution in [0, 0.1) is 0 Å². The summed E-state index contributed by atoms with van der Waals surface area (Å²) in [7, 11) is 1.69. The number of rotatable bonds is 6. The van der Waals surface area contributed by atoms with E-state index in [-0.39, 0.29) is 0 Å². The summed E-state index contributed by atoms with van der Waals surface area (Å²) in [4.78, 5) is 2.58. The molecule has 0 spiro atoms. The van der Waals surface area contributed by atoms with Crippen LogP contribution in [0.5, 0.6) is 11.5 Å². The quantitative estimate of drug-likeness (QED) is 0.874. The molecule has 2 rings (SSSR count). The third-order valence-electron chi connectivity index (χ3n) is 4.07. The normalized spacial score (nSPS) is 18.0. The average Bonchev–Trinajstić information content (AvgIpc) is 2.78. The van der Waals surface area contributed by atoms with Crippen LogP contribution in [0.4, 0.5) is 0 Å². The van der Waals surface area contributed by atoms with E-state index in [9.17, 15) is 0 Å². The summed E-state index contributed by atoms with van der Waals surface area (Å²) >= 11 is 0. The van der Waals surface area contributed by atoms with Crippen molar-refractivity contribution in [2.75, 3.05) is 39.9 Å². The maximum Gasteiger partial charge on any atom is 0.161 e. The Kier molecular flexibility index (Phi) is 6.33. The van der Waals surface area contributed by atoms with Gasteiger partial charge in [0.25, 0.3) is 0 Å². The van der Waals surface area contributed by atoms with Crippen LogP contribution in [0.15, 0.2) is 18.2 Å². The second-order valence-electron chi connectivity index (χ2n) is 5.41. The molecule has 1 atom stereocenters. The fourth-order valence-corrected chi connectivity index (χ4v) is 3.05. The van der Waals surface area contributed by atoms with E-state index in [1.165, 1.54) is 12.0 Å². The van der Waals surface area contributed by atoms with Crippen LogP contribution in [0.1, 0.15) is 38.3 Å². The van der Waals surface area contributed by atoms with E-state index in [1.807, 2.05) is 13.0 Å². The zero-order valence-electron chi connectivity index (χ0n) is 13.5. The number of methoxy groups -OCH3 is 1. The molecule has 0 aromatic heterocycles. The molecule has 1 aliphatic rings. The Morgan fingerprint density at radius 2 is 2.05 bits per heavy atom. The van der Waals surface area contributed by atoms with E-state index < -0.39 is 0 Å². The lowest BCUT2D eigenvalue weighted by atomic mass is 10.0. The smallest absolute Gasteiger partial charge is 0.161 e. The first kappa shape index (κ1) is 16.1. The zero-order valence-corrected chi connectivity index (χ0v) is 13.5. The molecule has 1 aliphatic heterocycles. The highest BCUT2D eigenvalue weighted by molar-refractivity contribution is 5.43. The summed E-state index contributed by atoms with van der Waals surface area (Å²) in [5, 5.41) is 3.47. The number of nitrogens with one attached hydrogen (secondary N) is 1. The molecule has 1 fully saturated rings. The van der Waals surface area contributed by atoms with Gasteiger partial charge in [0.2, 0.25) is 0 Å². The van der Waals surface area contributed by atoms with E-state index in [0.717, 1.165) is 44.1 Å². The van der Waals surface area contributed by atoms with Gasteiger partial charge in [-0.3, -0.25) is 4.90 Å². The summed E-state index contributed by atoms with van der Waals surface area (Å²) in [6, 6.07) is 6.80. The molecular formula is C17H28N2O2. The second kappa shape index (κ2) is 8.25. The van der Waals surface area contributed by atoms with Crippen molar-refractivity contribution in [2.24, 2.45) is 0 Å². The van der Waals surface area contributed by atoms with Gasteiger partial charge in [0.05, 0.1) is 13.7 Å². The zero-order chi connectivity index (χ0) is 15.1. The van der Waals surface area contributed by atoms with Crippen LogP contribution in [0.2, 0.25) is 0 Å². The summed E-state index contributed by atoms with van der Waals surface area (Å²) < 4.78 is 11.1. The van der Waals surface area contributed by atoms with Gasteiger partial charge in [-0.2, -0.15) is 0 Å². The molecular weight excluding hydrogens is 264 g/mol. The molecule has 1 saturated heterocycles. The minimum absolute atomic E-state index is 0.454. The SMILES string of the molecule is CCOc1cc(C(CC)N2CCCNCC2)ccc1OC. The number of hydrogen-bond acceptors (Lipinski definition) is 4. The van der Waals surface area contributed by atoms with E-state index >= 15 is 0 Å². The van der Waals surface area contributed by atoms with Crippen molar-refractivity contribution in [3.63, 3.8) is 0 Å². The largest absolute Gasteiger partial charge is 0.493 e. The predicted octanol–water partition coefficient (Wildman–Crippen LogP) is 2.84. The number of nitrogens with zero attached hydrogens (tertiary/aromatic N) is 1. The van der Waals surface area contributed by atoms with Gasteiger partial charge >= 0.3 is 0 Å². The molecule has 0 saturated carbocycles. The molecule has 1 heterocycles. The lowest BCUT2D eigenvalue weighted by Gasteiger charge is -2.30. The molecule has 1 unspecified atom stereocenters. The number of ether oxygens (including phenoxy) is 2. The average molecular weight is 292 g/mol. The monoisotopic (exact) mass is 292 g/mol. The summed E-state index contributed by atoms with van der Waals surface area (Å²) in [6.45, 7) is 9.38. The van der Waals surface area contributed by atoms with E-state index in [2.05, 4.69) is 29.3 Å². The molecule has 0 bridgehead atoms. The highest BCUT2D eigenvalue weighted by atomic mass is 16.5. The van der Waals surface area contributed by atoms with Gasteiger partial charge in [-0.15, -0.1) is 0 Å². The Hall–Kier alpha value is -1.26. The molecule has 21 heavy (non-hydrogen) atoms. The van der Waals surface area contributed by atoms with Crippen molar-refractivity contribution >= 4 is 0 Å². The first-order chi connectivity index (χ1) is 10.3. The fraction of sp³-hybridized carbons (Fsp3) is 0.647. The van der Waals surface area contributed by atoms with Gasteiger partial charge < -0.3 is 14.8 Å². The van der Waals surface area contributed by atoms with E-state index in [1.54, 1.807) is 7.11 Å². The van der Waals surface area contributed by atoms with Crippen LogP contribution < -0.4 is 14.8 Å². The summed E-state index contributed by atoms with van der Waals surface area (Å²) in [5.41, 5.74) is 1.32. The minimum Gasteiger partial charge on any atom is -0.493 e. The summed E-state index contributed by atoms with van der Waals surface area (Å²) in [6.07, 6.45) is 2.32. The first-order valence-electron chi connectivity index (χ1n) is 8.05. The highest BCUT2D eigenvalue weighted by Crippen LogP contribution is 2.33. The van der Waals surface area contributed by atoms with Crippen LogP contribution >= 0.6 is 0 Å². The van der Waals surface area contributed by atoms with Gasteiger partial charge in [0, 0.05) is 25.7 Å². The van der Waals surface area contributed by atoms with E-state index in [0.29, 0.717) is 12.6 Å². The third-order valence-corrected chi connectivity index (χ3v) is 4.07. The van der Waals surface area contributed by atoms with Crippen molar-refractivity contribution in [1.82, 2.24) is 10.2 Å². The maximum absolute atomic E-state index is 5.72. The molecule has 0 radical (unpaired) electrons. The van der Waals surface area contributed by atoms with E-state index in [4.69, 9.17) is 9.47 Å². The molecule has 1 aromatic rings. The molecule has 1 N–H and O–H groups in total. The van der Waals surface area contributed by atoms with Crippen molar-refractivity contribution in [1.29, 1.82) is 0 Å². The Morgan fingerprint density at radius 3 is 2.76 bits per heavy atom. The molecule has 1 aromatic carbocycles. The molecule has 4 nitrogen and oxygen atoms in total. The Bertz CT molecular complexity index is 429. The number of benzene rings is 1. The van der Waals surface area contributed by atoms with Crippen LogP contribution in [0.25, 0.3) is 0 Å². The minimum atomic E-state index is 0.454. The van der Waals surface area contributed by atoms with Gasteiger partial charge in [0.1, 0.15) is 0 Å². The van der Waals surface area contributed by atoms with Gasteiger partial charge in [-0.05, 0) is 44.0 Å². The van der Waals surface area contributed by atoms with Crippen molar-refractivity contribution in [3.05, 3.63) is 23.8 Å². The molecule has 4 heteroatoms. The Morgan fingerprint density at radius 1 is 1.19 bits per heavy atom. The van der Waals surface area contributed by atoms with Crippen molar-refractivity contribution in [3.8, 4) is 11.5 Å². The second-order valence-corrected chi connectivity index (χ2v) is 5.41. The van der Waals surface area contributed by atoms with Crippen LogP contribution in [-0.2, 0) is 0 Å². The van der Waals surface area contributed by atoms with Gasteiger partial charge in [0.15, 0.2) is 11.5 Å². The van der Waals surface area contributed by atoms with Crippen molar-refractivity contribution in [2.45, 2.75) is 32.7 Å². The predicted molar refractivity (Wildman–Crippen MR) is 86.3 cm³/mol. The highest BCUT2D eigenvalue weighted by Gasteiger charge is 2.21. The lowest BCUT2D eigenvalue weighted by molar-refractivity contribution is 0.204. The molecule has 118 valence electrons. The third kappa shape index (κ3) is 4.11. The molecule has 0 aliphatic carbocycles. The van der Waals surface area contributed by atoms with Crippen molar-refractivity contribution < 1.29 is 9.47 Å². The Balaban J connectivity index is 2.22. The lowest BCUT2D eigenvalue weighted by Crippen LogP contribution is -2.32. The van der Waals surface area contributed by atoms with Gasteiger partial charge in [-0.1, -0.05) is 13.0 Å². The first-order valence-corrected chi connectivity index (χ1v) is 8.05. The van der Waals surface area contributed by atoms with Gasteiger partial charge in [-0.25, -0.2) is 0 Å². The number of hydrogen-bond donors (Lipinski definition) is 1.